The van der Waals surface area contributed by atoms with Crippen LogP contribution in [0.4, 0.5) is 0 Å². The van der Waals surface area contributed by atoms with Crippen LogP contribution >= 0.6 is 0 Å². The number of carbonyl (C=O) groups excluding carboxylic acids is 1. The van der Waals surface area contributed by atoms with Gasteiger partial charge in [0.05, 0.1) is 22.5 Å². The highest BCUT2D eigenvalue weighted by Crippen LogP contribution is 2.17. The van der Waals surface area contributed by atoms with Crippen LogP contribution in [0, 0.1) is 13.8 Å². The van der Waals surface area contributed by atoms with Gasteiger partial charge in [-0.15, -0.1) is 5.11 Å². The Morgan fingerprint density at radius 3 is 2.59 bits per heavy atom. The normalized spacial score (nSPS) is 11.2. The first-order valence-electron chi connectivity index (χ1n) is 5.21. The summed E-state index contributed by atoms with van der Waals surface area (Å²) < 4.78 is 0. The summed E-state index contributed by atoms with van der Waals surface area (Å²) >= 11 is 0. The number of nitrogens with zero attached hydrogens (tertiary/aromatic N) is 4. The van der Waals surface area contributed by atoms with Gasteiger partial charge >= 0.3 is 0 Å². The van der Waals surface area contributed by atoms with Gasteiger partial charge in [-0.2, -0.15) is 5.11 Å². The second-order valence-corrected chi connectivity index (χ2v) is 3.67. The largest absolute Gasteiger partial charge is 0.297 e. The van der Waals surface area contributed by atoms with E-state index < -0.39 is 5.91 Å². The standard InChI is InChI=1S/C12H12N4O/c1-7-8(2)15-11-9(12(17)16-13-3)5-4-6-10(11)14-7/h4-6H,1-3H3. The van der Waals surface area contributed by atoms with Crippen LogP contribution in [0.3, 0.4) is 0 Å². The van der Waals surface area contributed by atoms with Crippen LogP contribution < -0.4 is 0 Å². The van der Waals surface area contributed by atoms with E-state index in [-0.39, 0.29) is 0 Å². The van der Waals surface area contributed by atoms with E-state index >= 15 is 0 Å². The van der Waals surface area contributed by atoms with Gasteiger partial charge in [0.2, 0.25) is 0 Å². The molecular formula is C12H12N4O. The summed E-state index contributed by atoms with van der Waals surface area (Å²) in [5.74, 6) is -0.393. The molecule has 0 fully saturated rings. The van der Waals surface area contributed by atoms with E-state index in [4.69, 9.17) is 0 Å². The van der Waals surface area contributed by atoms with Crippen molar-refractivity contribution in [3.63, 3.8) is 0 Å². The highest BCUT2D eigenvalue weighted by Gasteiger charge is 2.12. The number of amides is 1. The summed E-state index contributed by atoms with van der Waals surface area (Å²) in [5.41, 5.74) is 3.38. The molecule has 86 valence electrons. The summed E-state index contributed by atoms with van der Waals surface area (Å²) in [4.78, 5) is 20.5. The molecule has 0 unspecified atom stereocenters. The van der Waals surface area contributed by atoms with Crippen molar-refractivity contribution in [2.24, 2.45) is 10.2 Å². The third-order valence-corrected chi connectivity index (χ3v) is 2.53. The number of hydrogen-bond acceptors (Lipinski definition) is 4. The lowest BCUT2D eigenvalue weighted by Gasteiger charge is -2.04. The van der Waals surface area contributed by atoms with Crippen molar-refractivity contribution in [1.29, 1.82) is 0 Å². The third-order valence-electron chi connectivity index (χ3n) is 2.53. The van der Waals surface area contributed by atoms with Gasteiger partial charge in [0.25, 0.3) is 5.91 Å². The molecule has 0 saturated heterocycles. The molecule has 0 aliphatic heterocycles. The number of aryl methyl sites for hydroxylation is 2. The summed E-state index contributed by atoms with van der Waals surface area (Å²) in [6.07, 6.45) is 0. The molecule has 5 nitrogen and oxygen atoms in total. The van der Waals surface area contributed by atoms with E-state index in [2.05, 4.69) is 20.2 Å². The van der Waals surface area contributed by atoms with Gasteiger partial charge in [-0.05, 0) is 26.0 Å². The second kappa shape index (κ2) is 4.37. The Hall–Kier alpha value is -2.17. The van der Waals surface area contributed by atoms with E-state index in [1.807, 2.05) is 19.9 Å². The monoisotopic (exact) mass is 228 g/mol. The van der Waals surface area contributed by atoms with E-state index in [9.17, 15) is 4.79 Å². The lowest BCUT2D eigenvalue weighted by molar-refractivity contribution is 0.0995. The number of benzene rings is 1. The maximum atomic E-state index is 11.7. The van der Waals surface area contributed by atoms with Crippen molar-refractivity contribution in [2.45, 2.75) is 13.8 Å². The molecule has 1 amide bonds. The summed E-state index contributed by atoms with van der Waals surface area (Å²) in [6, 6.07) is 5.28. The maximum absolute atomic E-state index is 11.7. The predicted molar refractivity (Wildman–Crippen MR) is 64.1 cm³/mol. The molecule has 0 bridgehead atoms. The van der Waals surface area contributed by atoms with Gasteiger partial charge in [-0.3, -0.25) is 4.79 Å². The number of para-hydroxylation sites is 1. The number of azo groups is 1. The van der Waals surface area contributed by atoms with Crippen molar-refractivity contribution in [1.82, 2.24) is 9.97 Å². The zero-order valence-electron chi connectivity index (χ0n) is 9.93. The SMILES string of the molecule is CN=NC(=O)c1cccc2nc(C)c(C)nc12. The Balaban J connectivity index is 2.73. The topological polar surface area (TPSA) is 67.6 Å². The van der Waals surface area contributed by atoms with Crippen molar-refractivity contribution >= 4 is 16.9 Å². The van der Waals surface area contributed by atoms with Gasteiger partial charge in [-0.1, -0.05) is 6.07 Å². The Labute approximate surface area is 98.6 Å². The van der Waals surface area contributed by atoms with E-state index in [0.29, 0.717) is 16.6 Å². The average molecular weight is 228 g/mol. The van der Waals surface area contributed by atoms with Crippen LogP contribution in [0.15, 0.2) is 28.4 Å². The molecule has 0 N–H and O–H groups in total. The minimum absolute atomic E-state index is 0.393. The number of carbonyl (C=O) groups is 1. The zero-order valence-corrected chi connectivity index (χ0v) is 9.93. The Morgan fingerprint density at radius 1 is 1.18 bits per heavy atom. The van der Waals surface area contributed by atoms with Crippen molar-refractivity contribution in [3.05, 3.63) is 35.2 Å². The average Bonchev–Trinajstić information content (AvgIpc) is 2.30. The Bertz CT molecular complexity index is 619. The summed E-state index contributed by atoms with van der Waals surface area (Å²) in [6.45, 7) is 3.76. The fourth-order valence-electron chi connectivity index (χ4n) is 1.57. The molecule has 1 aromatic carbocycles. The highest BCUT2D eigenvalue weighted by molar-refractivity contribution is 6.04. The second-order valence-electron chi connectivity index (χ2n) is 3.67. The molecule has 5 heteroatoms. The van der Waals surface area contributed by atoms with E-state index in [1.165, 1.54) is 7.05 Å². The lowest BCUT2D eigenvalue weighted by Crippen LogP contribution is -2.01. The molecule has 0 aliphatic carbocycles. The molecular weight excluding hydrogens is 216 g/mol. The molecule has 0 radical (unpaired) electrons. The van der Waals surface area contributed by atoms with Gasteiger partial charge in [-0.25, -0.2) is 9.97 Å². The number of fused-ring (bicyclic) bond motifs is 1. The van der Waals surface area contributed by atoms with Gasteiger partial charge in [0.1, 0.15) is 5.52 Å². The molecule has 0 spiro atoms. The minimum atomic E-state index is -0.393. The van der Waals surface area contributed by atoms with E-state index in [1.54, 1.807) is 12.1 Å². The first-order valence-corrected chi connectivity index (χ1v) is 5.21. The molecule has 1 heterocycles. The lowest BCUT2D eigenvalue weighted by atomic mass is 10.1. The fraction of sp³-hybridized carbons (Fsp3) is 0.250. The Morgan fingerprint density at radius 2 is 1.88 bits per heavy atom. The molecule has 17 heavy (non-hydrogen) atoms. The number of aromatic nitrogens is 2. The third kappa shape index (κ3) is 2.04. The highest BCUT2D eigenvalue weighted by atomic mass is 16.1. The smallest absolute Gasteiger partial charge is 0.265 e. The molecule has 0 saturated carbocycles. The predicted octanol–water partition coefficient (Wildman–Crippen LogP) is 2.47. The van der Waals surface area contributed by atoms with Crippen LogP contribution in [0.25, 0.3) is 11.0 Å². The number of rotatable bonds is 1. The Kier molecular flexibility index (Phi) is 2.91. The van der Waals surface area contributed by atoms with E-state index in [0.717, 1.165) is 11.4 Å². The van der Waals surface area contributed by atoms with Crippen LogP contribution in [-0.2, 0) is 0 Å². The maximum Gasteiger partial charge on any atom is 0.297 e. The molecule has 1 aromatic heterocycles. The quantitative estimate of drug-likeness (QED) is 0.704. The summed E-state index contributed by atoms with van der Waals surface area (Å²) in [7, 11) is 1.46. The van der Waals surface area contributed by atoms with Crippen LogP contribution in [0.2, 0.25) is 0 Å². The van der Waals surface area contributed by atoms with Crippen LogP contribution in [0.1, 0.15) is 21.7 Å². The van der Waals surface area contributed by atoms with Gasteiger partial charge < -0.3 is 0 Å². The fourth-order valence-corrected chi connectivity index (χ4v) is 1.57. The molecule has 2 rings (SSSR count). The number of hydrogen-bond donors (Lipinski definition) is 0. The van der Waals surface area contributed by atoms with Crippen molar-refractivity contribution in [2.75, 3.05) is 7.05 Å². The van der Waals surface area contributed by atoms with Crippen LogP contribution in [0.5, 0.6) is 0 Å². The molecule has 0 atom stereocenters. The molecule has 2 aromatic rings. The van der Waals surface area contributed by atoms with Crippen molar-refractivity contribution in [3.8, 4) is 0 Å². The van der Waals surface area contributed by atoms with Gasteiger partial charge in [0, 0.05) is 7.05 Å². The molecule has 0 aliphatic rings. The van der Waals surface area contributed by atoms with Gasteiger partial charge in [0.15, 0.2) is 0 Å². The summed E-state index contributed by atoms with van der Waals surface area (Å²) in [5, 5.41) is 7.00. The van der Waals surface area contributed by atoms with Crippen LogP contribution in [-0.4, -0.2) is 22.9 Å². The van der Waals surface area contributed by atoms with Crippen molar-refractivity contribution < 1.29 is 4.79 Å². The minimum Gasteiger partial charge on any atom is -0.265 e. The first kappa shape index (κ1) is 11.3. The zero-order chi connectivity index (χ0) is 12.4. The first-order chi connectivity index (χ1) is 8.13.